The van der Waals surface area contributed by atoms with Crippen molar-refractivity contribution in [2.75, 3.05) is 0 Å². The zero-order chi connectivity index (χ0) is 21.4. The van der Waals surface area contributed by atoms with Gasteiger partial charge in [-0.05, 0) is 93.4 Å². The Morgan fingerprint density at radius 3 is 2.47 bits per heavy atom. The van der Waals surface area contributed by atoms with Gasteiger partial charge in [-0.1, -0.05) is 29.8 Å². The fourth-order valence-corrected chi connectivity index (χ4v) is 4.47. The van der Waals surface area contributed by atoms with Gasteiger partial charge in [0.05, 0.1) is 10.6 Å². The van der Waals surface area contributed by atoms with E-state index >= 15 is 0 Å². The molecule has 2 aromatic carbocycles. The van der Waals surface area contributed by atoms with Gasteiger partial charge >= 0.3 is 0 Å². The van der Waals surface area contributed by atoms with Crippen LogP contribution >= 0.6 is 11.8 Å². The number of rotatable bonds is 3. The summed E-state index contributed by atoms with van der Waals surface area (Å²) in [5, 5.41) is 3.49. The molecule has 0 saturated carbocycles. The Morgan fingerprint density at radius 1 is 1.00 bits per heavy atom. The Kier molecular flexibility index (Phi) is 5.39. The van der Waals surface area contributed by atoms with Crippen molar-refractivity contribution >= 4 is 34.6 Å². The van der Waals surface area contributed by atoms with Gasteiger partial charge in [0.15, 0.2) is 5.17 Å². The summed E-state index contributed by atoms with van der Waals surface area (Å²) in [6.07, 6.45) is 1.96. The molecular formula is C25H25N3OS. The van der Waals surface area contributed by atoms with E-state index in [1.54, 1.807) is 0 Å². The third-order valence-corrected chi connectivity index (χ3v) is 6.40. The number of nitrogens with zero attached hydrogens (tertiary/aromatic N) is 2. The molecule has 1 fully saturated rings. The second-order valence-corrected chi connectivity index (χ2v) is 8.73. The second kappa shape index (κ2) is 8.00. The average Bonchev–Trinajstić information content (AvgIpc) is 3.18. The summed E-state index contributed by atoms with van der Waals surface area (Å²) in [6, 6.07) is 16.4. The zero-order valence-corrected chi connectivity index (χ0v) is 18.7. The summed E-state index contributed by atoms with van der Waals surface area (Å²) >= 11 is 1.38. The fourth-order valence-electron chi connectivity index (χ4n) is 3.64. The van der Waals surface area contributed by atoms with Gasteiger partial charge in [-0.2, -0.15) is 0 Å². The molecule has 1 saturated heterocycles. The van der Waals surface area contributed by atoms with Crippen LogP contribution in [0.25, 0.3) is 11.8 Å². The van der Waals surface area contributed by atoms with Crippen LogP contribution in [0.5, 0.6) is 0 Å². The SMILES string of the molecule is Cc1ccc(N=C2NC(=O)/C(=C\c3cc(C)n(-c4cccc(C)c4C)c3C)S2)cc1. The Labute approximate surface area is 181 Å². The quantitative estimate of drug-likeness (QED) is 0.541. The van der Waals surface area contributed by atoms with Crippen molar-refractivity contribution in [3.05, 3.63) is 87.1 Å². The van der Waals surface area contributed by atoms with Crippen molar-refractivity contribution in [1.29, 1.82) is 0 Å². The van der Waals surface area contributed by atoms with Crippen LogP contribution in [0.4, 0.5) is 5.69 Å². The van der Waals surface area contributed by atoms with E-state index < -0.39 is 0 Å². The number of aromatic nitrogens is 1. The maximum Gasteiger partial charge on any atom is 0.264 e. The molecule has 152 valence electrons. The van der Waals surface area contributed by atoms with Crippen molar-refractivity contribution in [2.24, 2.45) is 4.99 Å². The monoisotopic (exact) mass is 415 g/mol. The molecule has 2 heterocycles. The van der Waals surface area contributed by atoms with E-state index in [4.69, 9.17) is 0 Å². The predicted molar refractivity (Wildman–Crippen MR) is 127 cm³/mol. The molecule has 0 unspecified atom stereocenters. The molecule has 30 heavy (non-hydrogen) atoms. The number of carbonyl (C=O) groups excluding carboxylic acids is 1. The van der Waals surface area contributed by atoms with Crippen molar-refractivity contribution in [2.45, 2.75) is 34.6 Å². The molecule has 1 aliphatic heterocycles. The molecular weight excluding hydrogens is 390 g/mol. The third-order valence-electron chi connectivity index (χ3n) is 5.49. The molecule has 0 radical (unpaired) electrons. The minimum absolute atomic E-state index is 0.109. The van der Waals surface area contributed by atoms with Crippen molar-refractivity contribution < 1.29 is 4.79 Å². The molecule has 3 aromatic rings. The number of benzene rings is 2. The van der Waals surface area contributed by atoms with Crippen LogP contribution in [0.2, 0.25) is 0 Å². The highest BCUT2D eigenvalue weighted by Gasteiger charge is 2.24. The number of carbonyl (C=O) groups is 1. The Balaban J connectivity index is 1.66. The molecule has 0 bridgehead atoms. The van der Waals surface area contributed by atoms with Crippen LogP contribution in [0, 0.1) is 34.6 Å². The summed E-state index contributed by atoms with van der Waals surface area (Å²) in [5.74, 6) is -0.109. The number of aryl methyl sites for hydroxylation is 3. The number of amides is 1. The highest BCUT2D eigenvalue weighted by atomic mass is 32.2. The van der Waals surface area contributed by atoms with Gasteiger partial charge in [0.25, 0.3) is 5.91 Å². The fraction of sp³-hybridized carbons (Fsp3) is 0.200. The lowest BCUT2D eigenvalue weighted by Gasteiger charge is -2.14. The lowest BCUT2D eigenvalue weighted by molar-refractivity contribution is -0.115. The predicted octanol–water partition coefficient (Wildman–Crippen LogP) is 5.91. The van der Waals surface area contributed by atoms with Crippen LogP contribution in [-0.4, -0.2) is 15.6 Å². The maximum absolute atomic E-state index is 12.5. The van der Waals surface area contributed by atoms with E-state index in [1.807, 2.05) is 37.3 Å². The van der Waals surface area contributed by atoms with E-state index in [0.29, 0.717) is 10.1 Å². The van der Waals surface area contributed by atoms with Crippen molar-refractivity contribution in [1.82, 2.24) is 9.88 Å². The first-order valence-electron chi connectivity index (χ1n) is 9.95. The highest BCUT2D eigenvalue weighted by molar-refractivity contribution is 8.18. The molecule has 5 heteroatoms. The smallest absolute Gasteiger partial charge is 0.264 e. The van der Waals surface area contributed by atoms with E-state index in [2.05, 4.69) is 66.8 Å². The number of amidine groups is 1. The average molecular weight is 416 g/mol. The van der Waals surface area contributed by atoms with Crippen LogP contribution in [0.15, 0.2) is 58.4 Å². The second-order valence-electron chi connectivity index (χ2n) is 7.70. The van der Waals surface area contributed by atoms with Crippen LogP contribution < -0.4 is 5.32 Å². The summed E-state index contributed by atoms with van der Waals surface area (Å²) in [6.45, 7) is 10.5. The van der Waals surface area contributed by atoms with E-state index in [-0.39, 0.29) is 5.91 Å². The molecule has 4 rings (SSSR count). The number of aliphatic imine (C=N–C) groups is 1. The number of hydrogen-bond donors (Lipinski definition) is 1. The van der Waals surface area contributed by atoms with Crippen molar-refractivity contribution in [3.63, 3.8) is 0 Å². The molecule has 1 aromatic heterocycles. The van der Waals surface area contributed by atoms with Gasteiger partial charge in [-0.15, -0.1) is 0 Å². The molecule has 4 nitrogen and oxygen atoms in total. The number of hydrogen-bond acceptors (Lipinski definition) is 3. The van der Waals surface area contributed by atoms with Gasteiger partial charge in [-0.25, -0.2) is 4.99 Å². The number of thioether (sulfide) groups is 1. The van der Waals surface area contributed by atoms with Crippen LogP contribution in [0.1, 0.15) is 33.6 Å². The Hall–Kier alpha value is -3.05. The first kappa shape index (κ1) is 20.2. The van der Waals surface area contributed by atoms with Crippen molar-refractivity contribution in [3.8, 4) is 5.69 Å². The molecule has 1 aliphatic rings. The van der Waals surface area contributed by atoms with Gasteiger partial charge in [0, 0.05) is 17.1 Å². The highest BCUT2D eigenvalue weighted by Crippen LogP contribution is 2.31. The first-order chi connectivity index (χ1) is 14.3. The van der Waals surface area contributed by atoms with E-state index in [0.717, 1.165) is 22.6 Å². The molecule has 0 aliphatic carbocycles. The lowest BCUT2D eigenvalue weighted by Crippen LogP contribution is -2.19. The summed E-state index contributed by atoms with van der Waals surface area (Å²) in [5.41, 5.74) is 9.03. The van der Waals surface area contributed by atoms with Crippen LogP contribution in [-0.2, 0) is 4.79 Å². The standard InChI is InChI=1S/C25H25N3OS/c1-15-9-11-21(12-10-15)26-25-27-24(29)23(30-25)14-20-13-17(3)28(19(20)5)22-8-6-7-16(2)18(22)4/h6-14H,1-5H3,(H,26,27,29)/b23-14+. The topological polar surface area (TPSA) is 46.4 Å². The first-order valence-corrected chi connectivity index (χ1v) is 10.8. The van der Waals surface area contributed by atoms with Gasteiger partial charge in [0.2, 0.25) is 0 Å². The molecule has 1 N–H and O–H groups in total. The third kappa shape index (κ3) is 3.85. The summed E-state index contributed by atoms with van der Waals surface area (Å²) in [7, 11) is 0. The number of nitrogens with one attached hydrogen (secondary N) is 1. The minimum Gasteiger partial charge on any atom is -0.318 e. The normalized spacial score (nSPS) is 16.5. The van der Waals surface area contributed by atoms with Gasteiger partial charge in [-0.3, -0.25) is 4.79 Å². The Bertz CT molecular complexity index is 1200. The maximum atomic E-state index is 12.5. The largest absolute Gasteiger partial charge is 0.318 e. The minimum atomic E-state index is -0.109. The molecule has 0 atom stereocenters. The van der Waals surface area contributed by atoms with Crippen LogP contribution in [0.3, 0.4) is 0 Å². The van der Waals surface area contributed by atoms with E-state index in [1.165, 1.54) is 34.1 Å². The summed E-state index contributed by atoms with van der Waals surface area (Å²) < 4.78 is 2.26. The van der Waals surface area contributed by atoms with Gasteiger partial charge < -0.3 is 9.88 Å². The lowest BCUT2D eigenvalue weighted by atomic mass is 10.1. The zero-order valence-electron chi connectivity index (χ0n) is 17.9. The molecule has 0 spiro atoms. The van der Waals surface area contributed by atoms with Gasteiger partial charge in [0.1, 0.15) is 0 Å². The Morgan fingerprint density at radius 2 is 1.73 bits per heavy atom. The molecule has 1 amide bonds. The summed E-state index contributed by atoms with van der Waals surface area (Å²) in [4.78, 5) is 17.7. The van der Waals surface area contributed by atoms with E-state index in [9.17, 15) is 4.79 Å².